The van der Waals surface area contributed by atoms with Gasteiger partial charge in [0, 0.05) is 52.0 Å². The third-order valence-corrected chi connectivity index (χ3v) is 6.53. The van der Waals surface area contributed by atoms with Gasteiger partial charge in [-0.1, -0.05) is 0 Å². The highest BCUT2D eigenvalue weighted by Crippen LogP contribution is 2.26. The zero-order chi connectivity index (χ0) is 18.8. The van der Waals surface area contributed by atoms with Crippen molar-refractivity contribution in [2.75, 3.05) is 39.3 Å². The van der Waals surface area contributed by atoms with E-state index in [1.807, 2.05) is 11.9 Å². The van der Waals surface area contributed by atoms with Crippen molar-refractivity contribution in [3.63, 3.8) is 0 Å². The molecule has 3 aliphatic rings. The molecule has 1 aromatic heterocycles. The summed E-state index contributed by atoms with van der Waals surface area (Å²) in [6, 6.07) is 2.28. The predicted molar refractivity (Wildman–Crippen MR) is 102 cm³/mol. The number of hydrogen-bond donors (Lipinski definition) is 0. The molecule has 0 radical (unpaired) electrons. The number of hydrogen-bond acceptors (Lipinski definition) is 4. The van der Waals surface area contributed by atoms with Gasteiger partial charge in [-0.3, -0.25) is 19.2 Å². The van der Waals surface area contributed by atoms with Crippen LogP contribution in [0.25, 0.3) is 0 Å². The summed E-state index contributed by atoms with van der Waals surface area (Å²) in [4.78, 5) is 32.0. The molecule has 7 nitrogen and oxygen atoms in total. The highest BCUT2D eigenvalue weighted by atomic mass is 16.2. The lowest BCUT2D eigenvalue weighted by Crippen LogP contribution is -2.51. The highest BCUT2D eigenvalue weighted by Gasteiger charge is 2.35. The molecule has 1 atom stereocenters. The normalized spacial score (nSPS) is 25.1. The number of likely N-dealkylation sites (tertiary alicyclic amines) is 3. The zero-order valence-corrected chi connectivity index (χ0v) is 16.3. The number of amides is 2. The summed E-state index contributed by atoms with van der Waals surface area (Å²) >= 11 is 0. The minimum atomic E-state index is 0.0779. The Morgan fingerprint density at radius 2 is 1.70 bits per heavy atom. The number of piperidine rings is 2. The second kappa shape index (κ2) is 8.00. The third-order valence-electron chi connectivity index (χ3n) is 6.53. The molecule has 0 aromatic carbocycles. The standard InChI is InChI=1S/C20H31N5O2/c1-22-18(6-9-21-22)20(27)24-13-7-17(8-14-24)25-12-4-5-16(15-25)19(26)23-10-2-3-11-23/h6,9,16-17H,2-5,7-8,10-15H2,1H3/t16-/m0/s1. The molecule has 148 valence electrons. The molecule has 1 aromatic rings. The van der Waals surface area contributed by atoms with Gasteiger partial charge in [0.05, 0.1) is 5.92 Å². The van der Waals surface area contributed by atoms with Crippen LogP contribution in [0.1, 0.15) is 49.0 Å². The van der Waals surface area contributed by atoms with E-state index in [-0.39, 0.29) is 11.8 Å². The maximum absolute atomic E-state index is 12.8. The molecule has 0 spiro atoms. The Morgan fingerprint density at radius 3 is 2.37 bits per heavy atom. The summed E-state index contributed by atoms with van der Waals surface area (Å²) in [5.74, 6) is 0.626. The minimum Gasteiger partial charge on any atom is -0.342 e. The van der Waals surface area contributed by atoms with Crippen LogP contribution in [-0.2, 0) is 11.8 Å². The molecular formula is C20H31N5O2. The first-order valence-corrected chi connectivity index (χ1v) is 10.4. The highest BCUT2D eigenvalue weighted by molar-refractivity contribution is 5.92. The zero-order valence-electron chi connectivity index (χ0n) is 16.3. The van der Waals surface area contributed by atoms with Crippen LogP contribution in [0.15, 0.2) is 12.3 Å². The lowest BCUT2D eigenvalue weighted by molar-refractivity contribution is -0.136. The molecule has 3 saturated heterocycles. The molecule has 0 aliphatic carbocycles. The quantitative estimate of drug-likeness (QED) is 0.803. The van der Waals surface area contributed by atoms with Crippen molar-refractivity contribution in [1.29, 1.82) is 0 Å². The lowest BCUT2D eigenvalue weighted by Gasteiger charge is -2.42. The smallest absolute Gasteiger partial charge is 0.272 e. The van der Waals surface area contributed by atoms with Gasteiger partial charge in [-0.05, 0) is 51.1 Å². The van der Waals surface area contributed by atoms with E-state index in [1.54, 1.807) is 16.9 Å². The van der Waals surface area contributed by atoms with Crippen LogP contribution in [0.4, 0.5) is 0 Å². The number of carbonyl (C=O) groups is 2. The molecule has 27 heavy (non-hydrogen) atoms. The molecule has 3 aliphatic heterocycles. The molecule has 3 fully saturated rings. The van der Waals surface area contributed by atoms with E-state index in [2.05, 4.69) is 14.9 Å². The van der Waals surface area contributed by atoms with Gasteiger partial charge in [-0.2, -0.15) is 5.10 Å². The molecular weight excluding hydrogens is 342 g/mol. The summed E-state index contributed by atoms with van der Waals surface area (Å²) < 4.78 is 1.65. The first kappa shape index (κ1) is 18.5. The van der Waals surface area contributed by atoms with Crippen molar-refractivity contribution in [3.8, 4) is 0 Å². The van der Waals surface area contributed by atoms with Crippen LogP contribution in [0.2, 0.25) is 0 Å². The van der Waals surface area contributed by atoms with E-state index in [1.165, 1.54) is 0 Å². The van der Waals surface area contributed by atoms with Crippen molar-refractivity contribution >= 4 is 11.8 Å². The van der Waals surface area contributed by atoms with E-state index < -0.39 is 0 Å². The van der Waals surface area contributed by atoms with Gasteiger partial charge in [0.2, 0.25) is 5.91 Å². The van der Waals surface area contributed by atoms with Gasteiger partial charge in [-0.15, -0.1) is 0 Å². The third kappa shape index (κ3) is 3.88. The number of aromatic nitrogens is 2. The Hall–Kier alpha value is -1.89. The molecule has 0 bridgehead atoms. The molecule has 0 saturated carbocycles. The van der Waals surface area contributed by atoms with E-state index in [0.29, 0.717) is 17.6 Å². The summed E-state index contributed by atoms with van der Waals surface area (Å²) in [5, 5.41) is 4.10. The average Bonchev–Trinajstić information content (AvgIpc) is 3.39. The fraction of sp³-hybridized carbons (Fsp3) is 0.750. The Balaban J connectivity index is 1.30. The number of aryl methyl sites for hydroxylation is 1. The van der Waals surface area contributed by atoms with Crippen molar-refractivity contribution in [3.05, 3.63) is 18.0 Å². The van der Waals surface area contributed by atoms with E-state index in [0.717, 1.165) is 77.8 Å². The monoisotopic (exact) mass is 373 g/mol. The molecule has 0 N–H and O–H groups in total. The minimum absolute atomic E-state index is 0.0779. The molecule has 4 heterocycles. The van der Waals surface area contributed by atoms with Gasteiger partial charge >= 0.3 is 0 Å². The van der Waals surface area contributed by atoms with E-state index in [4.69, 9.17) is 0 Å². The van der Waals surface area contributed by atoms with Gasteiger partial charge in [0.1, 0.15) is 5.69 Å². The van der Waals surface area contributed by atoms with Crippen molar-refractivity contribution in [1.82, 2.24) is 24.5 Å². The number of nitrogens with zero attached hydrogens (tertiary/aromatic N) is 5. The van der Waals surface area contributed by atoms with Crippen molar-refractivity contribution < 1.29 is 9.59 Å². The van der Waals surface area contributed by atoms with Crippen LogP contribution < -0.4 is 0 Å². The Morgan fingerprint density at radius 1 is 0.963 bits per heavy atom. The fourth-order valence-corrected chi connectivity index (χ4v) is 4.92. The molecule has 0 unspecified atom stereocenters. The summed E-state index contributed by atoms with van der Waals surface area (Å²) in [5.41, 5.74) is 0.655. The van der Waals surface area contributed by atoms with Crippen LogP contribution in [0.5, 0.6) is 0 Å². The van der Waals surface area contributed by atoms with Gasteiger partial charge < -0.3 is 9.80 Å². The second-order valence-electron chi connectivity index (χ2n) is 8.23. The van der Waals surface area contributed by atoms with Crippen LogP contribution in [-0.4, -0.2) is 81.6 Å². The maximum Gasteiger partial charge on any atom is 0.272 e. The summed E-state index contributed by atoms with van der Waals surface area (Å²) in [7, 11) is 1.81. The average molecular weight is 374 g/mol. The summed E-state index contributed by atoms with van der Waals surface area (Å²) in [6.45, 7) is 5.46. The van der Waals surface area contributed by atoms with E-state index >= 15 is 0 Å². The molecule has 4 rings (SSSR count). The Labute approximate surface area is 161 Å². The van der Waals surface area contributed by atoms with Crippen molar-refractivity contribution in [2.24, 2.45) is 13.0 Å². The lowest BCUT2D eigenvalue weighted by atomic mass is 9.93. The van der Waals surface area contributed by atoms with Crippen molar-refractivity contribution in [2.45, 2.75) is 44.6 Å². The largest absolute Gasteiger partial charge is 0.342 e. The Kier molecular flexibility index (Phi) is 5.48. The molecule has 2 amide bonds. The number of rotatable bonds is 3. The van der Waals surface area contributed by atoms with Gasteiger partial charge in [0.25, 0.3) is 5.91 Å². The fourth-order valence-electron chi connectivity index (χ4n) is 4.92. The van der Waals surface area contributed by atoms with E-state index in [9.17, 15) is 9.59 Å². The van der Waals surface area contributed by atoms with Crippen LogP contribution >= 0.6 is 0 Å². The van der Waals surface area contributed by atoms with Gasteiger partial charge in [-0.25, -0.2) is 0 Å². The van der Waals surface area contributed by atoms with Crippen LogP contribution in [0, 0.1) is 5.92 Å². The summed E-state index contributed by atoms with van der Waals surface area (Å²) in [6.07, 6.45) is 8.12. The first-order valence-electron chi connectivity index (χ1n) is 10.4. The predicted octanol–water partition coefficient (Wildman–Crippen LogP) is 1.36. The first-order chi connectivity index (χ1) is 13.1. The number of carbonyl (C=O) groups excluding carboxylic acids is 2. The SMILES string of the molecule is Cn1nccc1C(=O)N1CCC(N2CCC[C@H](C(=O)N3CCCC3)C2)CC1. The topological polar surface area (TPSA) is 61.7 Å². The van der Waals surface area contributed by atoms with Crippen LogP contribution in [0.3, 0.4) is 0 Å². The maximum atomic E-state index is 12.8. The Bertz CT molecular complexity index is 674. The van der Waals surface area contributed by atoms with Gasteiger partial charge in [0.15, 0.2) is 0 Å². The molecule has 7 heteroatoms. The second-order valence-corrected chi connectivity index (χ2v) is 8.23.